The van der Waals surface area contributed by atoms with Gasteiger partial charge in [0.2, 0.25) is 0 Å². The number of alkyl halides is 3. The lowest BCUT2D eigenvalue weighted by molar-refractivity contribution is -0.192. The molecule has 9 nitrogen and oxygen atoms in total. The predicted molar refractivity (Wildman–Crippen MR) is 135 cm³/mol. The Morgan fingerprint density at radius 2 is 1.65 bits per heavy atom. The molecule has 2 aromatic rings. The molecule has 0 bridgehead atoms. The van der Waals surface area contributed by atoms with Gasteiger partial charge in [-0.05, 0) is 48.7 Å². The molecule has 1 amide bonds. The third-order valence-electron chi connectivity index (χ3n) is 5.39. The summed E-state index contributed by atoms with van der Waals surface area (Å²) in [5, 5.41) is 13.2. The van der Waals surface area contributed by atoms with Crippen molar-refractivity contribution in [3.8, 4) is 0 Å². The molecule has 0 aliphatic carbocycles. The van der Waals surface area contributed by atoms with E-state index in [1.54, 1.807) is 24.3 Å². The van der Waals surface area contributed by atoms with E-state index in [2.05, 4.69) is 34.1 Å². The topological polar surface area (TPSA) is 128 Å². The Kier molecular flexibility index (Phi) is 10.3. The second-order valence-electron chi connectivity index (χ2n) is 8.46. The first kappa shape index (κ1) is 29.9. The number of amides is 1. The van der Waals surface area contributed by atoms with Crippen molar-refractivity contribution in [3.63, 3.8) is 0 Å². The predicted octanol–water partition coefficient (Wildman–Crippen LogP) is 3.40. The van der Waals surface area contributed by atoms with Crippen molar-refractivity contribution >= 4 is 33.3 Å². The number of nitrogens with zero attached hydrogens (tertiary/aromatic N) is 1. The molecule has 0 spiro atoms. The number of carbonyl (C=O) groups is 2. The molecule has 0 saturated carbocycles. The molecule has 1 aliphatic rings. The Hall–Kier alpha value is -3.32. The Bertz CT molecular complexity index is 1180. The Labute approximate surface area is 214 Å². The van der Waals surface area contributed by atoms with Gasteiger partial charge >= 0.3 is 12.1 Å². The molecule has 0 atom stereocenters. The lowest BCUT2D eigenvalue weighted by Crippen LogP contribution is -2.44. The molecule has 0 unspecified atom stereocenters. The van der Waals surface area contributed by atoms with Gasteiger partial charge in [-0.1, -0.05) is 26.0 Å². The number of hydrogen-bond donors (Lipinski definition) is 4. The monoisotopic (exact) mass is 544 g/mol. The molecule has 3 rings (SSSR count). The molecule has 1 saturated heterocycles. The normalized spacial score (nSPS) is 14.0. The van der Waals surface area contributed by atoms with Crippen molar-refractivity contribution in [3.05, 3.63) is 53.6 Å². The van der Waals surface area contributed by atoms with E-state index in [4.69, 9.17) is 9.90 Å². The highest BCUT2D eigenvalue weighted by molar-refractivity contribution is 7.92. The average Bonchev–Trinajstić information content (AvgIpc) is 2.84. The van der Waals surface area contributed by atoms with Crippen LogP contribution in [0.2, 0.25) is 0 Å². The lowest BCUT2D eigenvalue weighted by Gasteiger charge is -2.31. The van der Waals surface area contributed by atoms with Crippen molar-refractivity contribution in [1.82, 2.24) is 10.6 Å². The van der Waals surface area contributed by atoms with Gasteiger partial charge in [0.15, 0.2) is 0 Å². The summed E-state index contributed by atoms with van der Waals surface area (Å²) in [6, 6.07) is 12.0. The summed E-state index contributed by atoms with van der Waals surface area (Å²) in [6.45, 7) is 9.74. The second kappa shape index (κ2) is 12.8. The van der Waals surface area contributed by atoms with Crippen molar-refractivity contribution in [2.45, 2.75) is 37.8 Å². The summed E-state index contributed by atoms with van der Waals surface area (Å²) in [6.07, 6.45) is -5.08. The molecular weight excluding hydrogens is 513 g/mol. The molecule has 1 aliphatic heterocycles. The molecule has 0 radical (unpaired) electrons. The largest absolute Gasteiger partial charge is 0.490 e. The van der Waals surface area contributed by atoms with Gasteiger partial charge in [0.25, 0.3) is 15.9 Å². The molecule has 13 heteroatoms. The number of benzene rings is 2. The quantitative estimate of drug-likeness (QED) is 0.421. The molecule has 37 heavy (non-hydrogen) atoms. The Morgan fingerprint density at radius 1 is 1.08 bits per heavy atom. The van der Waals surface area contributed by atoms with E-state index in [9.17, 15) is 26.4 Å². The zero-order valence-corrected chi connectivity index (χ0v) is 21.5. The van der Waals surface area contributed by atoms with Crippen LogP contribution in [0.1, 0.15) is 42.6 Å². The van der Waals surface area contributed by atoms with Crippen LogP contribution in [-0.4, -0.2) is 64.3 Å². The number of sulfonamides is 1. The van der Waals surface area contributed by atoms with Crippen molar-refractivity contribution < 1.29 is 36.3 Å². The van der Waals surface area contributed by atoms with Crippen molar-refractivity contribution in [2.75, 3.05) is 42.3 Å². The minimum absolute atomic E-state index is 0.192. The number of nitrogens with one attached hydrogen (secondary N) is 3. The summed E-state index contributed by atoms with van der Waals surface area (Å²) in [5.74, 6) is -2.65. The van der Waals surface area contributed by atoms with Gasteiger partial charge in [0, 0.05) is 44.1 Å². The second-order valence-corrected chi connectivity index (χ2v) is 10.1. The first-order chi connectivity index (χ1) is 17.3. The van der Waals surface area contributed by atoms with E-state index in [-0.39, 0.29) is 10.8 Å². The van der Waals surface area contributed by atoms with E-state index in [0.29, 0.717) is 23.7 Å². The third kappa shape index (κ3) is 8.64. The first-order valence-corrected chi connectivity index (χ1v) is 13.1. The molecule has 4 N–H and O–H groups in total. The highest BCUT2D eigenvalue weighted by atomic mass is 32.2. The molecular formula is C24H31F3N4O5S. The van der Waals surface area contributed by atoms with Crippen LogP contribution in [-0.2, 0) is 14.8 Å². The maximum absolute atomic E-state index is 12.8. The number of carboxylic acids is 1. The minimum Gasteiger partial charge on any atom is -0.475 e. The fourth-order valence-electron chi connectivity index (χ4n) is 3.46. The zero-order valence-electron chi connectivity index (χ0n) is 20.7. The third-order valence-corrected chi connectivity index (χ3v) is 6.79. The Balaban J connectivity index is 0.000000604. The van der Waals surface area contributed by atoms with Crippen LogP contribution in [0.3, 0.4) is 0 Å². The van der Waals surface area contributed by atoms with E-state index < -0.39 is 22.2 Å². The van der Waals surface area contributed by atoms with Gasteiger partial charge in [0.05, 0.1) is 10.5 Å². The van der Waals surface area contributed by atoms with Gasteiger partial charge < -0.3 is 20.6 Å². The van der Waals surface area contributed by atoms with Crippen LogP contribution in [0.4, 0.5) is 24.5 Å². The van der Waals surface area contributed by atoms with Gasteiger partial charge in [0.1, 0.15) is 0 Å². The number of carboxylic acid groups (broad SMARTS) is 1. The number of piperazine rings is 1. The highest BCUT2D eigenvalue weighted by Crippen LogP contribution is 2.27. The van der Waals surface area contributed by atoms with Crippen molar-refractivity contribution in [1.29, 1.82) is 0 Å². The van der Waals surface area contributed by atoms with Crippen LogP contribution in [0.15, 0.2) is 47.4 Å². The number of hydrogen-bond acceptors (Lipinski definition) is 6. The maximum atomic E-state index is 12.8. The average molecular weight is 545 g/mol. The first-order valence-electron chi connectivity index (χ1n) is 11.6. The van der Waals surface area contributed by atoms with E-state index in [1.807, 2.05) is 25.1 Å². The molecule has 1 heterocycles. The highest BCUT2D eigenvalue weighted by Gasteiger charge is 2.38. The maximum Gasteiger partial charge on any atom is 0.490 e. The molecule has 204 valence electrons. The summed E-state index contributed by atoms with van der Waals surface area (Å²) >= 11 is 0. The SMILES string of the molecule is CCNC(=O)c1cc(NS(=O)(=O)c2ccc(C(C)C)cc2)ccc1N1CCNCC1.O=C(O)C(F)(F)F. The molecule has 1 fully saturated rings. The van der Waals surface area contributed by atoms with E-state index in [0.717, 1.165) is 37.4 Å². The van der Waals surface area contributed by atoms with Crippen LogP contribution in [0, 0.1) is 0 Å². The summed E-state index contributed by atoms with van der Waals surface area (Å²) in [5.41, 5.74) is 2.72. The molecule has 0 aromatic heterocycles. The Morgan fingerprint density at radius 3 is 2.14 bits per heavy atom. The van der Waals surface area contributed by atoms with Gasteiger partial charge in [-0.15, -0.1) is 0 Å². The lowest BCUT2D eigenvalue weighted by atomic mass is 10.0. The smallest absolute Gasteiger partial charge is 0.475 e. The van der Waals surface area contributed by atoms with Gasteiger partial charge in [-0.3, -0.25) is 9.52 Å². The summed E-state index contributed by atoms with van der Waals surface area (Å²) in [4.78, 5) is 23.9. The van der Waals surface area contributed by atoms with Crippen LogP contribution in [0.5, 0.6) is 0 Å². The number of rotatable bonds is 7. The van der Waals surface area contributed by atoms with E-state index >= 15 is 0 Å². The van der Waals surface area contributed by atoms with Crippen LogP contribution in [0.25, 0.3) is 0 Å². The van der Waals surface area contributed by atoms with Gasteiger partial charge in [-0.25, -0.2) is 13.2 Å². The number of anilines is 2. The standard InChI is InChI=1S/C22H30N4O3S.C2HF3O2/c1-4-24-22(27)20-15-18(7-10-21(20)26-13-11-23-12-14-26)25-30(28,29)19-8-5-17(6-9-19)16(2)3;3-2(4,5)1(6)7/h5-10,15-16,23,25H,4,11-14H2,1-3H3,(H,24,27);(H,6,7). The fourth-order valence-corrected chi connectivity index (χ4v) is 4.51. The summed E-state index contributed by atoms with van der Waals surface area (Å²) < 4.78 is 60.0. The molecule has 2 aromatic carbocycles. The van der Waals surface area contributed by atoms with Crippen molar-refractivity contribution in [2.24, 2.45) is 0 Å². The van der Waals surface area contributed by atoms with E-state index in [1.165, 1.54) is 0 Å². The fraction of sp³-hybridized carbons (Fsp3) is 0.417. The summed E-state index contributed by atoms with van der Waals surface area (Å²) in [7, 11) is -3.75. The number of carbonyl (C=O) groups excluding carboxylic acids is 1. The minimum atomic E-state index is -5.08. The van der Waals surface area contributed by atoms with Crippen LogP contribution >= 0.6 is 0 Å². The van der Waals surface area contributed by atoms with Crippen LogP contribution < -0.4 is 20.3 Å². The number of halogens is 3. The van der Waals surface area contributed by atoms with Gasteiger partial charge in [-0.2, -0.15) is 13.2 Å². The number of aliphatic carboxylic acids is 1. The zero-order chi connectivity index (χ0) is 27.8.